The van der Waals surface area contributed by atoms with E-state index in [2.05, 4.69) is 22.9 Å². The number of sulfonamides is 2. The van der Waals surface area contributed by atoms with Crippen molar-refractivity contribution in [3.05, 3.63) is 150 Å². The predicted octanol–water partition coefficient (Wildman–Crippen LogP) is 11.1. The molecule has 6 rings (SSSR count). The summed E-state index contributed by atoms with van der Waals surface area (Å²) in [4.78, 5) is 172. The smallest absolute Gasteiger partial charge is 0.348 e. The largest absolute Gasteiger partial charge is 0.463 e. The highest BCUT2D eigenvalue weighted by Gasteiger charge is 2.36. The quantitative estimate of drug-likeness (QED) is 0.0135. The Labute approximate surface area is 753 Å². The topological polar surface area (TPSA) is 543 Å². The van der Waals surface area contributed by atoms with Crippen LogP contribution in [0, 0.1) is 6.92 Å². The SMILES string of the molecule is CCCCNc1cc(C(=O)OCC(C)=O)cc(S(N)(=O)=O)c1Oc1ccccc1.CCCCNc1cc(C(=O)O[C@@H](C)C(=O)O[C@@H](C)C(=O)O[C@@H](C)C(=O)O[C@@H](C)C(=O)OCC)cc(C)c1Oc1ccccc1.CCCCNc1cc(C(=O)O[C@@H](C)C(=O)O[C@@H](C)C(=O)O[C@@H](C)C(=O)O[C@@H](C)C(=O)O[C@@H](C)C(=O)O[C@@H](C)C(=O)OCC)cc(S(N)(=O)=O)c1Oc1ccccc1. The average molecular weight is 1860 g/mol. The van der Waals surface area contributed by atoms with Gasteiger partial charge in [-0.15, -0.1) is 0 Å². The number of rotatable bonds is 47. The molecular formula is C89H113N5O34S2. The second kappa shape index (κ2) is 54.1. The number of esters is 13. The number of ether oxygens (including phenoxy) is 16. The Balaban J connectivity index is 0.000000430. The van der Waals surface area contributed by atoms with Crippen LogP contribution in [0.4, 0.5) is 17.1 Å². The number of ketones is 1. The van der Waals surface area contributed by atoms with Crippen LogP contribution in [-0.2, 0) is 134 Å². The van der Waals surface area contributed by atoms with Crippen molar-refractivity contribution in [3.8, 4) is 34.5 Å². The minimum Gasteiger partial charge on any atom is -0.463 e. The van der Waals surface area contributed by atoms with Crippen molar-refractivity contribution in [2.45, 2.75) is 227 Å². The third kappa shape index (κ3) is 36.8. The Bertz CT molecular complexity index is 5120. The number of unbranched alkanes of at least 4 members (excludes halogenated alkanes) is 3. The minimum atomic E-state index is -4.48. The van der Waals surface area contributed by atoms with Crippen molar-refractivity contribution in [3.63, 3.8) is 0 Å². The minimum absolute atomic E-state index is 0.0158. The normalized spacial score (nSPS) is 13.2. The van der Waals surface area contributed by atoms with E-state index < -0.39 is 170 Å². The highest BCUT2D eigenvalue weighted by molar-refractivity contribution is 7.89. The van der Waals surface area contributed by atoms with Gasteiger partial charge in [-0.05, 0) is 195 Å². The van der Waals surface area contributed by atoms with Gasteiger partial charge in [0, 0.05) is 19.6 Å². The molecule has 0 fully saturated rings. The van der Waals surface area contributed by atoms with Crippen LogP contribution in [0.15, 0.2) is 137 Å². The predicted molar refractivity (Wildman–Crippen MR) is 465 cm³/mol. The number of carbonyl (C=O) groups excluding carboxylic acids is 14. The molecule has 710 valence electrons. The molecule has 6 aromatic carbocycles. The van der Waals surface area contributed by atoms with Gasteiger partial charge >= 0.3 is 77.6 Å². The molecule has 0 aliphatic carbocycles. The molecule has 6 aromatic rings. The van der Waals surface area contributed by atoms with Gasteiger partial charge in [0.05, 0.1) is 47.0 Å². The van der Waals surface area contributed by atoms with E-state index in [4.69, 9.17) is 86.1 Å². The lowest BCUT2D eigenvalue weighted by Crippen LogP contribution is -2.39. The zero-order valence-corrected chi connectivity index (χ0v) is 76.9. The summed E-state index contributed by atoms with van der Waals surface area (Å²) in [6, 6.07) is 34.0. The zero-order valence-electron chi connectivity index (χ0n) is 75.2. The molecule has 0 aliphatic heterocycles. The lowest BCUT2D eigenvalue weighted by molar-refractivity contribution is -0.187. The molecule has 0 saturated heterocycles. The summed E-state index contributed by atoms with van der Waals surface area (Å²) < 4.78 is 132. The number of hydrogen-bond acceptors (Lipinski definition) is 37. The summed E-state index contributed by atoms with van der Waals surface area (Å²) in [7, 11) is -8.71. The summed E-state index contributed by atoms with van der Waals surface area (Å²) >= 11 is 0. The number of aryl methyl sites for hydroxylation is 1. The van der Waals surface area contributed by atoms with Gasteiger partial charge in [0.15, 0.2) is 84.1 Å². The van der Waals surface area contributed by atoms with Gasteiger partial charge in [-0.3, -0.25) is 4.79 Å². The molecule has 0 spiro atoms. The molecule has 7 N–H and O–H groups in total. The van der Waals surface area contributed by atoms with Gasteiger partial charge in [-0.2, -0.15) is 0 Å². The highest BCUT2D eigenvalue weighted by atomic mass is 32.2. The van der Waals surface area contributed by atoms with E-state index in [0.29, 0.717) is 54.6 Å². The first-order valence-corrected chi connectivity index (χ1v) is 44.4. The number of para-hydroxylation sites is 3. The standard InChI is InChI=1S/C37H48N2O17S.C32H41NO11.C20H24N2O6S/c1-9-11-17-39-28-18-26(19-29(57(38,47)48)30(28)56-27-15-13-12-14-16-27)37(46)55-25(8)36(45)54-24(7)35(44)53-23(6)34(43)52-22(5)33(42)51-21(4)32(41)50-20(3)31(40)49-10-2;1-8-10-16-33-26-18-24(17-19(3)27(26)44-25-14-12-11-13-15-25)32(38)43-23(7)31(37)42-22(6)30(36)41-21(5)29(35)40-20(4)28(34)39-9-2;1-3-4-10-22-17-11-15(20(24)27-13-14(2)23)12-18(29(21,25)26)19(17)28-16-8-6-5-7-9-16/h12-16,18-25,39H,9-11,17H2,1-8H3,(H2,38,47,48);11-15,17-18,20-23,33H,8-10,16H2,1-7H3;5-9,11-12,22H,3-4,10,13H2,1-2H3,(H2,21,25,26)/t20-,21-,22-,23-,24-,25-;20-,21-,22-,23-;/m00./s1. The molecule has 0 heterocycles. The average Bonchev–Trinajstić information content (AvgIpc) is 0.790. The van der Waals surface area contributed by atoms with Crippen LogP contribution in [0.25, 0.3) is 0 Å². The zero-order chi connectivity index (χ0) is 97.3. The number of Topliss-reactive ketones (excluding diaryl/α,β-unsaturated/α-hetero) is 1. The number of nitrogens with one attached hydrogen (secondary N) is 3. The molecule has 0 radical (unpaired) electrons. The molecule has 0 amide bonds. The van der Waals surface area contributed by atoms with Gasteiger partial charge in [-0.1, -0.05) is 94.6 Å². The van der Waals surface area contributed by atoms with Gasteiger partial charge in [0.1, 0.15) is 33.6 Å². The Kier molecular flexibility index (Phi) is 45.4. The summed E-state index contributed by atoms with van der Waals surface area (Å²) in [5, 5.41) is 20.3. The molecular weight excluding hydrogens is 1750 g/mol. The second-order valence-corrected chi connectivity index (χ2v) is 31.6. The highest BCUT2D eigenvalue weighted by Crippen LogP contribution is 2.40. The molecule has 0 aliphatic rings. The number of nitrogens with two attached hydrogens (primary N) is 2. The Hall–Kier alpha value is -13.3. The number of benzene rings is 6. The molecule has 0 saturated carbocycles. The van der Waals surface area contributed by atoms with Crippen molar-refractivity contribution in [2.75, 3.05) is 55.4 Å². The van der Waals surface area contributed by atoms with Crippen LogP contribution in [0.3, 0.4) is 0 Å². The van der Waals surface area contributed by atoms with Crippen molar-refractivity contribution in [2.24, 2.45) is 10.3 Å². The number of anilines is 3. The van der Waals surface area contributed by atoms with Gasteiger partial charge in [0.2, 0.25) is 20.0 Å². The maximum absolute atomic E-state index is 13.2. The van der Waals surface area contributed by atoms with Gasteiger partial charge in [-0.25, -0.2) is 89.4 Å². The van der Waals surface area contributed by atoms with Gasteiger partial charge in [0.25, 0.3) is 0 Å². The van der Waals surface area contributed by atoms with Crippen molar-refractivity contribution in [1.82, 2.24) is 0 Å². The van der Waals surface area contributed by atoms with Crippen LogP contribution in [-0.4, -0.2) is 201 Å². The molecule has 10 atom stereocenters. The Morgan fingerprint density at radius 1 is 0.315 bits per heavy atom. The molecule has 0 bridgehead atoms. The fraction of sp³-hybridized carbons (Fsp3) is 0.438. The van der Waals surface area contributed by atoms with Gasteiger partial charge < -0.3 is 91.7 Å². The third-order valence-electron chi connectivity index (χ3n) is 17.3. The third-order valence-corrected chi connectivity index (χ3v) is 19.2. The van der Waals surface area contributed by atoms with Crippen LogP contribution >= 0.6 is 0 Å². The van der Waals surface area contributed by atoms with Crippen LogP contribution in [0.2, 0.25) is 0 Å². The molecule has 130 heavy (non-hydrogen) atoms. The van der Waals surface area contributed by atoms with Crippen LogP contribution in [0.5, 0.6) is 34.5 Å². The number of primary sulfonamides is 2. The number of hydrogen-bond donors (Lipinski definition) is 5. The molecule has 39 nitrogen and oxygen atoms in total. The van der Waals surface area contributed by atoms with E-state index in [-0.39, 0.29) is 69.2 Å². The second-order valence-electron chi connectivity index (χ2n) is 28.6. The maximum Gasteiger partial charge on any atom is 0.348 e. The molecule has 0 aromatic heterocycles. The van der Waals surface area contributed by atoms with Crippen molar-refractivity contribution >= 4 is 120 Å². The Morgan fingerprint density at radius 3 is 0.808 bits per heavy atom. The molecule has 0 unspecified atom stereocenters. The van der Waals surface area contributed by atoms with E-state index in [0.717, 1.165) is 78.9 Å². The maximum atomic E-state index is 13.2. The fourth-order valence-electron chi connectivity index (χ4n) is 10.4. The fourth-order valence-corrected chi connectivity index (χ4v) is 11.8. The van der Waals surface area contributed by atoms with Crippen LogP contribution in [0.1, 0.15) is 186 Å². The van der Waals surface area contributed by atoms with Crippen LogP contribution < -0.4 is 40.4 Å². The van der Waals surface area contributed by atoms with E-state index >= 15 is 0 Å². The molecule has 41 heteroatoms. The van der Waals surface area contributed by atoms with E-state index in [1.165, 1.54) is 53.7 Å². The first-order valence-electron chi connectivity index (χ1n) is 41.3. The van der Waals surface area contributed by atoms with E-state index in [1.54, 1.807) is 93.6 Å². The first kappa shape index (κ1) is 109. The van der Waals surface area contributed by atoms with E-state index in [1.807, 2.05) is 44.2 Å². The van der Waals surface area contributed by atoms with E-state index in [9.17, 15) is 84.0 Å². The monoisotopic (exact) mass is 1860 g/mol. The summed E-state index contributed by atoms with van der Waals surface area (Å²) in [6.45, 7) is 25.5. The summed E-state index contributed by atoms with van der Waals surface area (Å²) in [6.07, 6.45) is -9.60. The van der Waals surface area contributed by atoms with Crippen molar-refractivity contribution in [1.29, 1.82) is 0 Å². The lowest BCUT2D eigenvalue weighted by Gasteiger charge is -2.21. The van der Waals surface area contributed by atoms with Crippen molar-refractivity contribution < 1.29 is 160 Å². The summed E-state index contributed by atoms with van der Waals surface area (Å²) in [5.41, 5.74) is 1.45. The lowest BCUT2D eigenvalue weighted by atomic mass is 10.1. The Morgan fingerprint density at radius 2 is 0.554 bits per heavy atom. The summed E-state index contributed by atoms with van der Waals surface area (Å²) in [5.74, 6) is -11.9. The first-order chi connectivity index (χ1) is 61.3. The number of carbonyl (C=O) groups is 14.